The van der Waals surface area contributed by atoms with E-state index in [1.54, 1.807) is 0 Å². The van der Waals surface area contributed by atoms with Gasteiger partial charge >= 0.3 is 0 Å². The summed E-state index contributed by atoms with van der Waals surface area (Å²) in [7, 11) is 0. The smallest absolute Gasteiger partial charge is 0.143 e. The highest BCUT2D eigenvalue weighted by molar-refractivity contribution is 5.87. The van der Waals surface area contributed by atoms with Crippen LogP contribution in [0, 0.1) is 17.3 Å². The average Bonchev–Trinajstić information content (AvgIpc) is 2.50. The molecular weight excluding hydrogens is 196 g/mol. The third kappa shape index (κ3) is 1.74. The summed E-state index contributed by atoms with van der Waals surface area (Å²) in [5.41, 5.74) is 3.12. The van der Waals surface area contributed by atoms with Gasteiger partial charge in [0.25, 0.3) is 0 Å². The van der Waals surface area contributed by atoms with E-state index in [4.69, 9.17) is 0 Å². The Morgan fingerprint density at radius 2 is 2.00 bits per heavy atom. The Balaban J connectivity index is 2.42. The van der Waals surface area contributed by atoms with Gasteiger partial charge in [-0.05, 0) is 44.9 Å². The van der Waals surface area contributed by atoms with Crippen LogP contribution in [0.3, 0.4) is 0 Å². The molecule has 3 atom stereocenters. The molecule has 2 saturated carbocycles. The topological polar surface area (TPSA) is 17.1 Å². The molecule has 2 rings (SSSR count). The van der Waals surface area contributed by atoms with Gasteiger partial charge in [-0.2, -0.15) is 0 Å². The predicted molar refractivity (Wildman–Crippen MR) is 67.2 cm³/mol. The van der Waals surface area contributed by atoms with Crippen LogP contribution in [0.4, 0.5) is 0 Å². The van der Waals surface area contributed by atoms with E-state index in [0.717, 1.165) is 12.8 Å². The first-order valence-corrected chi connectivity index (χ1v) is 6.66. The zero-order valence-corrected chi connectivity index (χ0v) is 11.1. The SMILES string of the molecule is CC(C)=C1CC[C@@]2(C)CCC[C@@H](C)C(=O)[C@@H]12. The first-order chi connectivity index (χ1) is 7.46. The first-order valence-electron chi connectivity index (χ1n) is 6.66. The molecule has 0 amide bonds. The van der Waals surface area contributed by atoms with E-state index in [2.05, 4.69) is 27.7 Å². The largest absolute Gasteiger partial charge is 0.299 e. The lowest BCUT2D eigenvalue weighted by molar-refractivity contribution is -0.127. The van der Waals surface area contributed by atoms with Crippen molar-refractivity contribution in [3.8, 4) is 0 Å². The summed E-state index contributed by atoms with van der Waals surface area (Å²) in [6, 6.07) is 0. The van der Waals surface area contributed by atoms with Crippen LogP contribution in [-0.4, -0.2) is 5.78 Å². The number of carbonyl (C=O) groups excluding carboxylic acids is 1. The Labute approximate surface area is 99.3 Å². The van der Waals surface area contributed by atoms with Crippen LogP contribution in [0.2, 0.25) is 0 Å². The van der Waals surface area contributed by atoms with Crippen molar-refractivity contribution in [2.45, 2.75) is 59.8 Å². The van der Waals surface area contributed by atoms with Crippen molar-refractivity contribution in [2.24, 2.45) is 17.3 Å². The van der Waals surface area contributed by atoms with E-state index >= 15 is 0 Å². The molecule has 0 aromatic rings. The van der Waals surface area contributed by atoms with Crippen molar-refractivity contribution in [1.29, 1.82) is 0 Å². The number of rotatable bonds is 0. The zero-order valence-electron chi connectivity index (χ0n) is 11.1. The van der Waals surface area contributed by atoms with Gasteiger partial charge in [0.2, 0.25) is 0 Å². The van der Waals surface area contributed by atoms with Gasteiger partial charge in [0.15, 0.2) is 0 Å². The standard InChI is InChI=1S/C15H24O/c1-10(2)12-7-9-15(4)8-5-6-11(3)14(16)13(12)15/h11,13H,5-9H2,1-4H3/t11-,13-,15-/m1/s1. The maximum absolute atomic E-state index is 12.5. The second-order valence-electron chi connectivity index (χ2n) is 6.31. The summed E-state index contributed by atoms with van der Waals surface area (Å²) in [5, 5.41) is 0. The number of hydrogen-bond acceptors (Lipinski definition) is 1. The van der Waals surface area contributed by atoms with E-state index in [-0.39, 0.29) is 17.3 Å². The number of Topliss-reactive ketones (excluding diaryl/α,β-unsaturated/α-hetero) is 1. The molecular formula is C15H24O. The lowest BCUT2D eigenvalue weighted by atomic mass is 9.73. The van der Waals surface area contributed by atoms with Gasteiger partial charge in [-0.1, -0.05) is 31.4 Å². The van der Waals surface area contributed by atoms with E-state index in [9.17, 15) is 4.79 Å². The van der Waals surface area contributed by atoms with E-state index in [1.165, 1.54) is 30.4 Å². The normalized spacial score (nSPS) is 39.5. The van der Waals surface area contributed by atoms with E-state index in [1.807, 2.05) is 0 Å². The molecule has 16 heavy (non-hydrogen) atoms. The second-order valence-corrected chi connectivity index (χ2v) is 6.31. The molecule has 0 N–H and O–H groups in total. The highest BCUT2D eigenvalue weighted by atomic mass is 16.1. The fourth-order valence-electron chi connectivity index (χ4n) is 3.69. The number of ketones is 1. The van der Waals surface area contributed by atoms with Crippen LogP contribution < -0.4 is 0 Å². The van der Waals surface area contributed by atoms with Crippen LogP contribution in [-0.2, 0) is 4.79 Å². The van der Waals surface area contributed by atoms with Crippen molar-refractivity contribution in [3.63, 3.8) is 0 Å². The maximum Gasteiger partial charge on any atom is 0.143 e. The lowest BCUT2D eigenvalue weighted by Gasteiger charge is -2.30. The summed E-state index contributed by atoms with van der Waals surface area (Å²) in [6.45, 7) is 8.80. The Morgan fingerprint density at radius 3 is 2.62 bits per heavy atom. The van der Waals surface area contributed by atoms with Crippen molar-refractivity contribution in [2.75, 3.05) is 0 Å². The highest BCUT2D eigenvalue weighted by Crippen LogP contribution is 2.53. The Hall–Kier alpha value is -0.590. The van der Waals surface area contributed by atoms with Crippen molar-refractivity contribution in [3.05, 3.63) is 11.1 Å². The minimum atomic E-state index is 0.245. The average molecular weight is 220 g/mol. The molecule has 0 aromatic heterocycles. The fourth-order valence-corrected chi connectivity index (χ4v) is 3.69. The van der Waals surface area contributed by atoms with Gasteiger partial charge in [0.1, 0.15) is 5.78 Å². The second kappa shape index (κ2) is 4.01. The van der Waals surface area contributed by atoms with E-state index < -0.39 is 0 Å². The predicted octanol–water partition coefficient (Wildman–Crippen LogP) is 4.13. The molecule has 0 heterocycles. The third-order valence-electron chi connectivity index (χ3n) is 4.81. The molecule has 0 spiro atoms. The van der Waals surface area contributed by atoms with Crippen LogP contribution in [0.1, 0.15) is 59.8 Å². The monoisotopic (exact) mass is 220 g/mol. The van der Waals surface area contributed by atoms with E-state index in [0.29, 0.717) is 5.78 Å². The van der Waals surface area contributed by atoms with Crippen LogP contribution >= 0.6 is 0 Å². The van der Waals surface area contributed by atoms with Crippen molar-refractivity contribution >= 4 is 5.78 Å². The zero-order chi connectivity index (χ0) is 11.9. The molecule has 0 radical (unpaired) electrons. The molecule has 0 aliphatic heterocycles. The molecule has 1 heteroatoms. The molecule has 2 aliphatic carbocycles. The lowest BCUT2D eigenvalue weighted by Crippen LogP contribution is -2.30. The van der Waals surface area contributed by atoms with Crippen LogP contribution in [0.25, 0.3) is 0 Å². The van der Waals surface area contributed by atoms with Crippen molar-refractivity contribution in [1.82, 2.24) is 0 Å². The van der Waals surface area contributed by atoms with Gasteiger partial charge in [-0.25, -0.2) is 0 Å². The maximum atomic E-state index is 12.5. The molecule has 1 nitrogen and oxygen atoms in total. The van der Waals surface area contributed by atoms with Crippen molar-refractivity contribution < 1.29 is 4.79 Å². The molecule has 0 saturated heterocycles. The summed E-state index contributed by atoms with van der Waals surface area (Å²) >= 11 is 0. The van der Waals surface area contributed by atoms with Crippen LogP contribution in [0.15, 0.2) is 11.1 Å². The molecule has 2 fully saturated rings. The van der Waals surface area contributed by atoms with Gasteiger partial charge in [0.05, 0.1) is 0 Å². The summed E-state index contributed by atoms with van der Waals surface area (Å²) < 4.78 is 0. The Bertz CT molecular complexity index is 335. The fraction of sp³-hybridized carbons (Fsp3) is 0.800. The summed E-state index contributed by atoms with van der Waals surface area (Å²) in [4.78, 5) is 12.5. The minimum absolute atomic E-state index is 0.245. The molecule has 0 unspecified atom stereocenters. The molecule has 90 valence electrons. The first kappa shape index (κ1) is 11.9. The molecule has 2 aliphatic rings. The third-order valence-corrected chi connectivity index (χ3v) is 4.81. The quantitative estimate of drug-likeness (QED) is 0.561. The van der Waals surface area contributed by atoms with Gasteiger partial charge in [-0.15, -0.1) is 0 Å². The number of allylic oxidation sites excluding steroid dienone is 2. The van der Waals surface area contributed by atoms with Crippen LogP contribution in [0.5, 0.6) is 0 Å². The summed E-state index contributed by atoms with van der Waals surface area (Å²) in [5.74, 6) is 1.04. The number of hydrogen-bond donors (Lipinski definition) is 0. The van der Waals surface area contributed by atoms with Gasteiger partial charge in [-0.3, -0.25) is 4.79 Å². The van der Waals surface area contributed by atoms with Gasteiger partial charge in [0, 0.05) is 11.8 Å². The Kier molecular flexibility index (Phi) is 2.98. The highest BCUT2D eigenvalue weighted by Gasteiger charge is 2.48. The summed E-state index contributed by atoms with van der Waals surface area (Å²) in [6.07, 6.45) is 5.94. The number of carbonyl (C=O) groups is 1. The molecule has 0 aromatic carbocycles. The van der Waals surface area contributed by atoms with Gasteiger partial charge < -0.3 is 0 Å². The Morgan fingerprint density at radius 1 is 1.31 bits per heavy atom. The molecule has 0 bridgehead atoms. The number of fused-ring (bicyclic) bond motifs is 1. The minimum Gasteiger partial charge on any atom is -0.299 e.